The minimum atomic E-state index is -1.14. The van der Waals surface area contributed by atoms with E-state index < -0.39 is 11.6 Å². The third-order valence-electron chi connectivity index (χ3n) is 5.39. The Bertz CT molecular complexity index is 1300. The highest BCUT2D eigenvalue weighted by molar-refractivity contribution is 6.30. The maximum Gasteiger partial charge on any atom is 0.322 e. The molecule has 1 aliphatic rings. The Hall–Kier alpha value is -3.64. The van der Waals surface area contributed by atoms with Crippen LogP contribution < -0.4 is 10.6 Å². The van der Waals surface area contributed by atoms with Gasteiger partial charge in [0.15, 0.2) is 0 Å². The number of benzene rings is 3. The summed E-state index contributed by atoms with van der Waals surface area (Å²) in [5.74, 6) is 0.377. The molecule has 3 aromatic carbocycles. The Labute approximate surface area is 177 Å². The van der Waals surface area contributed by atoms with Crippen LogP contribution in [-0.4, -0.2) is 21.5 Å². The minimum absolute atomic E-state index is 0.382. The summed E-state index contributed by atoms with van der Waals surface area (Å²) < 4.78 is 2.07. The lowest BCUT2D eigenvalue weighted by molar-refractivity contribution is -0.123. The van der Waals surface area contributed by atoms with Crippen molar-refractivity contribution >= 4 is 34.6 Å². The number of rotatable bonds is 3. The zero-order valence-electron chi connectivity index (χ0n) is 16.0. The molecule has 30 heavy (non-hydrogen) atoms. The number of nitrogens with one attached hydrogen (secondary N) is 2. The van der Waals surface area contributed by atoms with Gasteiger partial charge in [-0.1, -0.05) is 35.9 Å². The Morgan fingerprint density at radius 2 is 1.70 bits per heavy atom. The maximum atomic E-state index is 12.4. The molecule has 1 unspecified atom stereocenters. The summed E-state index contributed by atoms with van der Waals surface area (Å²) in [6.45, 7) is 1.68. The van der Waals surface area contributed by atoms with Crippen LogP contribution in [0.25, 0.3) is 28.1 Å². The number of carbonyl (C=O) groups is 2. The van der Waals surface area contributed by atoms with E-state index in [9.17, 15) is 9.59 Å². The molecule has 5 rings (SSSR count). The van der Waals surface area contributed by atoms with Crippen molar-refractivity contribution in [2.24, 2.45) is 0 Å². The highest BCUT2D eigenvalue weighted by atomic mass is 35.5. The first-order valence-corrected chi connectivity index (χ1v) is 9.81. The monoisotopic (exact) mass is 416 g/mol. The number of halogens is 1. The second-order valence-electron chi connectivity index (χ2n) is 7.35. The first-order chi connectivity index (χ1) is 14.5. The molecular formula is C23H17ClN4O2. The lowest BCUT2D eigenvalue weighted by atomic mass is 9.92. The molecule has 0 aliphatic carbocycles. The predicted octanol–water partition coefficient (Wildman–Crippen LogP) is 4.40. The number of carbonyl (C=O) groups excluding carboxylic acids is 2. The molecule has 1 aromatic heterocycles. The van der Waals surface area contributed by atoms with Crippen LogP contribution in [0, 0.1) is 0 Å². The predicted molar refractivity (Wildman–Crippen MR) is 116 cm³/mol. The number of aromatic nitrogens is 2. The SMILES string of the molecule is CC1(c2ccc3c(c2)nc(-c2ccc(Cl)cc2)n3-c2ccccc2)NC(=O)NC1=O. The Morgan fingerprint density at radius 3 is 2.37 bits per heavy atom. The van der Waals surface area contributed by atoms with Gasteiger partial charge in [-0.25, -0.2) is 9.78 Å². The molecule has 6 nitrogen and oxygen atoms in total. The number of hydrogen-bond donors (Lipinski definition) is 2. The largest absolute Gasteiger partial charge is 0.322 e. The summed E-state index contributed by atoms with van der Waals surface area (Å²) >= 11 is 6.07. The molecule has 2 N–H and O–H groups in total. The third-order valence-corrected chi connectivity index (χ3v) is 5.65. The quantitative estimate of drug-likeness (QED) is 0.486. The van der Waals surface area contributed by atoms with Crippen LogP contribution in [0.2, 0.25) is 5.02 Å². The van der Waals surface area contributed by atoms with E-state index in [-0.39, 0.29) is 5.91 Å². The van der Waals surface area contributed by atoms with Crippen molar-refractivity contribution in [2.45, 2.75) is 12.5 Å². The fourth-order valence-electron chi connectivity index (χ4n) is 3.77. The van der Waals surface area contributed by atoms with Gasteiger partial charge in [-0.2, -0.15) is 0 Å². The number of urea groups is 1. The smallest absolute Gasteiger partial charge is 0.320 e. The first-order valence-electron chi connectivity index (χ1n) is 9.44. The molecule has 0 spiro atoms. The molecule has 0 saturated carbocycles. The van der Waals surface area contributed by atoms with Crippen molar-refractivity contribution in [2.75, 3.05) is 0 Å². The van der Waals surface area contributed by atoms with E-state index in [4.69, 9.17) is 16.6 Å². The Balaban J connectivity index is 1.74. The zero-order valence-corrected chi connectivity index (χ0v) is 16.8. The summed E-state index contributed by atoms with van der Waals surface area (Å²) in [7, 11) is 0. The molecule has 1 saturated heterocycles. The number of para-hydroxylation sites is 1. The van der Waals surface area contributed by atoms with Crippen molar-refractivity contribution < 1.29 is 9.59 Å². The molecule has 1 atom stereocenters. The number of hydrogen-bond acceptors (Lipinski definition) is 3. The standard InChI is InChI=1S/C23H17ClN4O2/c1-23(21(29)26-22(30)27-23)15-9-12-19-18(13-15)25-20(14-7-10-16(24)11-8-14)28(19)17-5-3-2-4-6-17/h2-13H,1H3,(H2,26,27,29,30). The van der Waals surface area contributed by atoms with Gasteiger partial charge < -0.3 is 5.32 Å². The van der Waals surface area contributed by atoms with E-state index in [1.807, 2.05) is 72.8 Å². The van der Waals surface area contributed by atoms with Crippen molar-refractivity contribution in [1.82, 2.24) is 20.2 Å². The summed E-state index contributed by atoms with van der Waals surface area (Å²) in [4.78, 5) is 28.9. The molecule has 4 aromatic rings. The number of nitrogens with zero attached hydrogens (tertiary/aromatic N) is 2. The molecule has 3 amide bonds. The Kier molecular flexibility index (Phi) is 4.11. The van der Waals surface area contributed by atoms with Gasteiger partial charge in [-0.3, -0.25) is 14.7 Å². The van der Waals surface area contributed by atoms with Gasteiger partial charge in [-0.15, -0.1) is 0 Å². The van der Waals surface area contributed by atoms with E-state index in [1.54, 1.807) is 6.92 Å². The van der Waals surface area contributed by atoms with Crippen molar-refractivity contribution in [3.8, 4) is 17.1 Å². The van der Waals surface area contributed by atoms with Crippen LogP contribution in [0.4, 0.5) is 4.79 Å². The Morgan fingerprint density at radius 1 is 0.967 bits per heavy atom. The molecular weight excluding hydrogens is 400 g/mol. The lowest BCUT2D eigenvalue weighted by Gasteiger charge is -2.21. The normalized spacial score (nSPS) is 18.5. The summed E-state index contributed by atoms with van der Waals surface area (Å²) in [5.41, 5.74) is 3.02. The summed E-state index contributed by atoms with van der Waals surface area (Å²) in [5, 5.41) is 5.66. The van der Waals surface area contributed by atoms with Crippen LogP contribution >= 0.6 is 11.6 Å². The highest BCUT2D eigenvalue weighted by Crippen LogP contribution is 2.32. The van der Waals surface area contributed by atoms with Gasteiger partial charge >= 0.3 is 6.03 Å². The van der Waals surface area contributed by atoms with Gasteiger partial charge in [0.1, 0.15) is 11.4 Å². The fraction of sp³-hybridized carbons (Fsp3) is 0.0870. The van der Waals surface area contributed by atoms with E-state index >= 15 is 0 Å². The number of imidazole rings is 1. The second kappa shape index (κ2) is 6.71. The lowest BCUT2D eigenvalue weighted by Crippen LogP contribution is -2.40. The van der Waals surface area contributed by atoms with E-state index in [2.05, 4.69) is 15.2 Å². The second-order valence-corrected chi connectivity index (χ2v) is 7.79. The maximum absolute atomic E-state index is 12.4. The van der Waals surface area contributed by atoms with Crippen LogP contribution in [0.5, 0.6) is 0 Å². The molecule has 1 fully saturated rings. The zero-order chi connectivity index (χ0) is 20.9. The van der Waals surface area contributed by atoms with Gasteiger partial charge in [0.05, 0.1) is 11.0 Å². The molecule has 7 heteroatoms. The number of imide groups is 1. The topological polar surface area (TPSA) is 76.0 Å². The van der Waals surface area contributed by atoms with Crippen LogP contribution in [0.1, 0.15) is 12.5 Å². The van der Waals surface area contributed by atoms with Gasteiger partial charge in [0.2, 0.25) is 0 Å². The highest BCUT2D eigenvalue weighted by Gasteiger charge is 2.43. The minimum Gasteiger partial charge on any atom is -0.320 e. The van der Waals surface area contributed by atoms with Gasteiger partial charge in [0.25, 0.3) is 5.91 Å². The summed E-state index contributed by atoms with van der Waals surface area (Å²) in [6.07, 6.45) is 0. The summed E-state index contributed by atoms with van der Waals surface area (Å²) in [6, 6.07) is 22.6. The molecule has 0 bridgehead atoms. The van der Waals surface area contributed by atoms with Crippen molar-refractivity contribution in [1.29, 1.82) is 0 Å². The van der Waals surface area contributed by atoms with E-state index in [1.165, 1.54) is 0 Å². The molecule has 2 heterocycles. The van der Waals surface area contributed by atoms with Crippen LogP contribution in [0.15, 0.2) is 72.8 Å². The third kappa shape index (κ3) is 2.84. The molecule has 0 radical (unpaired) electrons. The molecule has 148 valence electrons. The average molecular weight is 417 g/mol. The molecule has 1 aliphatic heterocycles. The van der Waals surface area contributed by atoms with Gasteiger partial charge in [0, 0.05) is 16.3 Å². The van der Waals surface area contributed by atoms with Crippen LogP contribution in [-0.2, 0) is 10.3 Å². The van der Waals surface area contributed by atoms with Crippen molar-refractivity contribution in [3.05, 3.63) is 83.4 Å². The average Bonchev–Trinajstić information content (AvgIpc) is 3.25. The van der Waals surface area contributed by atoms with Gasteiger partial charge in [-0.05, 0) is 61.0 Å². The van der Waals surface area contributed by atoms with Crippen molar-refractivity contribution in [3.63, 3.8) is 0 Å². The van der Waals surface area contributed by atoms with Crippen LogP contribution in [0.3, 0.4) is 0 Å². The van der Waals surface area contributed by atoms with E-state index in [0.717, 1.165) is 28.1 Å². The number of amides is 3. The fourth-order valence-corrected chi connectivity index (χ4v) is 3.89. The van der Waals surface area contributed by atoms with E-state index in [0.29, 0.717) is 10.6 Å². The first kappa shape index (κ1) is 18.4. The number of fused-ring (bicyclic) bond motifs is 1.